The zero-order chi connectivity index (χ0) is 23.8. The van der Waals surface area contributed by atoms with Crippen molar-refractivity contribution in [3.63, 3.8) is 0 Å². The van der Waals surface area contributed by atoms with Crippen molar-refractivity contribution >= 4 is 11.6 Å². The fraction of sp³-hybridized carbons (Fsp3) is 0.400. The first-order valence-corrected chi connectivity index (χ1v) is 11.6. The first-order valence-electron chi connectivity index (χ1n) is 11.2. The summed E-state index contributed by atoms with van der Waals surface area (Å²) >= 11 is 6.03. The van der Waals surface area contributed by atoms with E-state index in [2.05, 4.69) is 10.00 Å². The van der Waals surface area contributed by atoms with Crippen LogP contribution in [0.25, 0.3) is 0 Å². The molecule has 8 nitrogen and oxygen atoms in total. The van der Waals surface area contributed by atoms with Crippen molar-refractivity contribution in [3.8, 4) is 17.2 Å². The lowest BCUT2D eigenvalue weighted by Crippen LogP contribution is -2.48. The highest BCUT2D eigenvalue weighted by molar-refractivity contribution is 6.30. The minimum atomic E-state index is -1.14. The van der Waals surface area contributed by atoms with Gasteiger partial charge in [0.15, 0.2) is 11.5 Å². The van der Waals surface area contributed by atoms with Crippen LogP contribution < -0.4 is 14.2 Å². The number of hydrogen-bond donors (Lipinski definition) is 1. The first-order chi connectivity index (χ1) is 16.5. The molecule has 1 aliphatic rings. The lowest BCUT2D eigenvalue weighted by atomic mass is 10.1. The molecule has 0 spiro atoms. The van der Waals surface area contributed by atoms with Crippen LogP contribution in [-0.4, -0.2) is 72.0 Å². The predicted octanol–water partition coefficient (Wildman–Crippen LogP) is 3.27. The van der Waals surface area contributed by atoms with E-state index < -0.39 is 5.60 Å². The third-order valence-corrected chi connectivity index (χ3v) is 5.75. The van der Waals surface area contributed by atoms with Crippen LogP contribution >= 0.6 is 11.6 Å². The van der Waals surface area contributed by atoms with E-state index >= 15 is 0 Å². The number of β-amino-alcohol motifs (C(OH)–C–C–N with tert-alkyl or cyclic N) is 1. The van der Waals surface area contributed by atoms with Crippen LogP contribution in [0.1, 0.15) is 5.56 Å². The quantitative estimate of drug-likeness (QED) is 0.470. The Labute approximate surface area is 204 Å². The normalized spacial score (nSPS) is 18.9. The molecule has 1 atom stereocenters. The number of nitrogens with zero attached hydrogens (tertiary/aromatic N) is 3. The Morgan fingerprint density at radius 1 is 1.15 bits per heavy atom. The van der Waals surface area contributed by atoms with Crippen molar-refractivity contribution in [2.75, 3.05) is 46.6 Å². The highest BCUT2D eigenvalue weighted by atomic mass is 35.5. The number of hydrogen-bond acceptors (Lipinski definition) is 7. The molecule has 0 aliphatic carbocycles. The van der Waals surface area contributed by atoms with Crippen LogP contribution in [0.4, 0.5) is 0 Å². The zero-order valence-electron chi connectivity index (χ0n) is 19.2. The molecule has 34 heavy (non-hydrogen) atoms. The molecular weight excluding hydrogens is 458 g/mol. The van der Waals surface area contributed by atoms with E-state index in [-0.39, 0.29) is 13.2 Å². The summed E-state index contributed by atoms with van der Waals surface area (Å²) in [5.41, 5.74) is -0.0883. The van der Waals surface area contributed by atoms with E-state index in [4.69, 9.17) is 30.5 Å². The van der Waals surface area contributed by atoms with Gasteiger partial charge in [-0.15, -0.1) is 0 Å². The van der Waals surface area contributed by atoms with E-state index in [0.717, 1.165) is 5.56 Å². The number of rotatable bonds is 10. The molecule has 4 rings (SSSR count). The van der Waals surface area contributed by atoms with Crippen molar-refractivity contribution in [3.05, 3.63) is 71.5 Å². The van der Waals surface area contributed by atoms with Gasteiger partial charge in [-0.25, -0.2) is 0 Å². The van der Waals surface area contributed by atoms with Crippen LogP contribution in [0.3, 0.4) is 0 Å². The minimum absolute atomic E-state index is 0.107. The number of methoxy groups -OCH3 is 1. The highest BCUT2D eigenvalue weighted by Crippen LogP contribution is 2.29. The van der Waals surface area contributed by atoms with Crippen molar-refractivity contribution in [2.45, 2.75) is 18.7 Å². The number of ether oxygens (including phenoxy) is 4. The van der Waals surface area contributed by atoms with Crippen LogP contribution in [0.15, 0.2) is 60.9 Å². The summed E-state index contributed by atoms with van der Waals surface area (Å²) < 4.78 is 24.8. The molecule has 2 heterocycles. The van der Waals surface area contributed by atoms with Crippen LogP contribution in [0, 0.1) is 0 Å². The minimum Gasteiger partial charge on any atom is -0.493 e. The molecule has 0 saturated carbocycles. The van der Waals surface area contributed by atoms with E-state index in [0.29, 0.717) is 61.7 Å². The van der Waals surface area contributed by atoms with E-state index in [1.165, 1.54) is 0 Å². The summed E-state index contributed by atoms with van der Waals surface area (Å²) in [6, 6.07) is 14.9. The van der Waals surface area contributed by atoms with Gasteiger partial charge in [0, 0.05) is 37.1 Å². The summed E-state index contributed by atoms with van der Waals surface area (Å²) in [7, 11) is 1.63. The van der Waals surface area contributed by atoms with Gasteiger partial charge in [-0.05, 0) is 42.0 Å². The standard InChI is InChI=1S/C25H30ClN3O5/c1-31-24-14-20(6-7-23(24)33-13-11-29-9-3-8-27-29)16-28-10-12-32-18-25(30,17-28)19-34-22-5-2-4-21(26)15-22/h2-9,14-15,30H,10-13,16-19H2,1H3/t25-/m0/s1. The van der Waals surface area contributed by atoms with Crippen LogP contribution in [-0.2, 0) is 17.8 Å². The maximum absolute atomic E-state index is 11.2. The highest BCUT2D eigenvalue weighted by Gasteiger charge is 2.33. The maximum atomic E-state index is 11.2. The fourth-order valence-electron chi connectivity index (χ4n) is 3.86. The average Bonchev–Trinajstić information content (AvgIpc) is 3.28. The van der Waals surface area contributed by atoms with Gasteiger partial charge in [0.2, 0.25) is 0 Å². The van der Waals surface area contributed by atoms with Crippen molar-refractivity contribution in [2.24, 2.45) is 0 Å². The molecule has 0 unspecified atom stereocenters. The Balaban J connectivity index is 1.35. The van der Waals surface area contributed by atoms with Gasteiger partial charge in [0.1, 0.15) is 24.6 Å². The Kier molecular flexibility index (Phi) is 8.29. The Morgan fingerprint density at radius 2 is 2.06 bits per heavy atom. The lowest BCUT2D eigenvalue weighted by molar-refractivity contribution is -0.0646. The monoisotopic (exact) mass is 487 g/mol. The second-order valence-electron chi connectivity index (χ2n) is 8.34. The predicted molar refractivity (Wildman–Crippen MR) is 129 cm³/mol. The van der Waals surface area contributed by atoms with Crippen molar-refractivity contribution in [1.82, 2.24) is 14.7 Å². The summed E-state index contributed by atoms with van der Waals surface area (Å²) in [5.74, 6) is 1.97. The second-order valence-corrected chi connectivity index (χ2v) is 8.77. The summed E-state index contributed by atoms with van der Waals surface area (Å²) in [5, 5.41) is 15.9. The van der Waals surface area contributed by atoms with E-state index in [1.54, 1.807) is 25.4 Å². The molecule has 1 aliphatic heterocycles. The molecule has 182 valence electrons. The summed E-state index contributed by atoms with van der Waals surface area (Å²) in [6.45, 7) is 3.73. The number of halogens is 1. The maximum Gasteiger partial charge on any atom is 0.161 e. The molecule has 1 saturated heterocycles. The van der Waals surface area contributed by atoms with E-state index in [9.17, 15) is 5.11 Å². The summed E-state index contributed by atoms with van der Waals surface area (Å²) in [6.07, 6.45) is 3.64. The molecule has 1 fully saturated rings. The molecular formula is C25H30ClN3O5. The van der Waals surface area contributed by atoms with Crippen LogP contribution in [0.5, 0.6) is 17.2 Å². The first kappa shape index (κ1) is 24.3. The Bertz CT molecular complexity index is 1050. The molecule has 9 heteroatoms. The van der Waals surface area contributed by atoms with Gasteiger partial charge < -0.3 is 24.1 Å². The largest absolute Gasteiger partial charge is 0.493 e. The smallest absolute Gasteiger partial charge is 0.161 e. The van der Waals surface area contributed by atoms with Crippen molar-refractivity contribution in [1.29, 1.82) is 0 Å². The average molecular weight is 488 g/mol. The van der Waals surface area contributed by atoms with Gasteiger partial charge in [0.05, 0.1) is 26.9 Å². The Hall–Kier alpha value is -2.78. The molecule has 3 aromatic rings. The number of aromatic nitrogens is 2. The third kappa shape index (κ3) is 6.87. The third-order valence-electron chi connectivity index (χ3n) is 5.52. The van der Waals surface area contributed by atoms with Gasteiger partial charge in [-0.2, -0.15) is 5.10 Å². The summed E-state index contributed by atoms with van der Waals surface area (Å²) in [4.78, 5) is 2.15. The zero-order valence-corrected chi connectivity index (χ0v) is 20.0. The second kappa shape index (κ2) is 11.6. The van der Waals surface area contributed by atoms with Gasteiger partial charge >= 0.3 is 0 Å². The van der Waals surface area contributed by atoms with Gasteiger partial charge in [-0.3, -0.25) is 9.58 Å². The lowest BCUT2D eigenvalue weighted by Gasteiger charge is -2.30. The SMILES string of the molecule is COc1cc(CN2CCOC[C@](O)(COc3cccc(Cl)c3)C2)ccc1OCCn1cccn1. The van der Waals surface area contributed by atoms with E-state index in [1.807, 2.05) is 47.3 Å². The molecule has 2 aromatic carbocycles. The Morgan fingerprint density at radius 3 is 2.85 bits per heavy atom. The molecule has 1 aromatic heterocycles. The van der Waals surface area contributed by atoms with Crippen molar-refractivity contribution < 1.29 is 24.1 Å². The van der Waals surface area contributed by atoms with Gasteiger partial charge in [0.25, 0.3) is 0 Å². The topological polar surface area (TPSA) is 78.2 Å². The number of aliphatic hydroxyl groups is 1. The molecule has 0 amide bonds. The molecule has 1 N–H and O–H groups in total. The molecule has 0 bridgehead atoms. The number of benzene rings is 2. The van der Waals surface area contributed by atoms with Crippen LogP contribution in [0.2, 0.25) is 5.02 Å². The molecule has 0 radical (unpaired) electrons. The fourth-order valence-corrected chi connectivity index (χ4v) is 4.04. The van der Waals surface area contributed by atoms with Gasteiger partial charge in [-0.1, -0.05) is 23.7 Å².